The van der Waals surface area contributed by atoms with Crippen LogP contribution in [0.2, 0.25) is 0 Å². The van der Waals surface area contributed by atoms with E-state index in [1.165, 1.54) is 12.8 Å². The molecule has 0 bridgehead atoms. The van der Waals surface area contributed by atoms with Gasteiger partial charge in [-0.2, -0.15) is 0 Å². The summed E-state index contributed by atoms with van der Waals surface area (Å²) in [6, 6.07) is 0.572. The lowest BCUT2D eigenvalue weighted by Gasteiger charge is -2.45. The van der Waals surface area contributed by atoms with E-state index in [-0.39, 0.29) is 0 Å². The lowest BCUT2D eigenvalue weighted by atomic mass is 9.67. The molecule has 1 aliphatic carbocycles. The average Bonchev–Trinajstić information content (AvgIpc) is 1.98. The number of hydrogen-bond donors (Lipinski definition) is 2. The Morgan fingerprint density at radius 3 is 2.45 bits per heavy atom. The fourth-order valence-electron chi connectivity index (χ4n) is 1.36. The van der Waals surface area contributed by atoms with Gasteiger partial charge in [0.2, 0.25) is 0 Å². The van der Waals surface area contributed by atoms with Gasteiger partial charge in [0.05, 0.1) is 0 Å². The molecule has 0 saturated heterocycles. The first-order valence-electron chi connectivity index (χ1n) is 4.04. The minimum absolute atomic E-state index is 0.431. The standard InChI is InChI=1S/C8H16N2S/c1-8(2)5-4-6(8)10-7(11)9-3/h6H,4-5H2,1-3H3,(H2,9,10,11). The zero-order valence-electron chi connectivity index (χ0n) is 7.40. The van der Waals surface area contributed by atoms with Crippen LogP contribution < -0.4 is 10.6 Å². The van der Waals surface area contributed by atoms with Crippen molar-refractivity contribution in [2.24, 2.45) is 5.41 Å². The lowest BCUT2D eigenvalue weighted by molar-refractivity contribution is 0.126. The Balaban J connectivity index is 2.34. The van der Waals surface area contributed by atoms with Gasteiger partial charge in [-0.3, -0.25) is 0 Å². The van der Waals surface area contributed by atoms with Crippen LogP contribution in [0.3, 0.4) is 0 Å². The van der Waals surface area contributed by atoms with Gasteiger partial charge >= 0.3 is 0 Å². The van der Waals surface area contributed by atoms with Crippen molar-refractivity contribution in [3.05, 3.63) is 0 Å². The molecule has 0 aliphatic heterocycles. The van der Waals surface area contributed by atoms with Crippen molar-refractivity contribution in [2.75, 3.05) is 7.05 Å². The summed E-state index contributed by atoms with van der Waals surface area (Å²) in [5.74, 6) is 0. The average molecular weight is 172 g/mol. The fraction of sp³-hybridized carbons (Fsp3) is 0.875. The van der Waals surface area contributed by atoms with Crippen molar-refractivity contribution in [3.8, 4) is 0 Å². The SMILES string of the molecule is CNC(=S)NC1CCC1(C)C. The molecule has 1 atom stereocenters. The van der Waals surface area contributed by atoms with E-state index in [1.807, 2.05) is 7.05 Å². The molecule has 0 heterocycles. The summed E-state index contributed by atoms with van der Waals surface area (Å²) < 4.78 is 0. The first kappa shape index (κ1) is 8.78. The highest BCUT2D eigenvalue weighted by Crippen LogP contribution is 2.39. The van der Waals surface area contributed by atoms with Crippen LogP contribution in [-0.4, -0.2) is 18.2 Å². The Kier molecular flexibility index (Phi) is 2.37. The normalized spacial score (nSPS) is 27.0. The summed E-state index contributed by atoms with van der Waals surface area (Å²) in [7, 11) is 1.85. The molecule has 1 unspecified atom stereocenters. The summed E-state index contributed by atoms with van der Waals surface area (Å²) in [4.78, 5) is 0. The highest BCUT2D eigenvalue weighted by molar-refractivity contribution is 7.80. The second-order valence-electron chi connectivity index (χ2n) is 3.80. The zero-order valence-corrected chi connectivity index (χ0v) is 8.22. The maximum absolute atomic E-state index is 5.01. The maximum atomic E-state index is 5.01. The van der Waals surface area contributed by atoms with Crippen LogP contribution in [0.5, 0.6) is 0 Å². The topological polar surface area (TPSA) is 24.1 Å². The number of hydrogen-bond acceptors (Lipinski definition) is 1. The molecule has 1 rings (SSSR count). The van der Waals surface area contributed by atoms with Crippen molar-refractivity contribution in [3.63, 3.8) is 0 Å². The molecule has 2 N–H and O–H groups in total. The van der Waals surface area contributed by atoms with Crippen LogP contribution in [0.1, 0.15) is 26.7 Å². The van der Waals surface area contributed by atoms with E-state index in [0.29, 0.717) is 11.5 Å². The number of thiocarbonyl (C=S) groups is 1. The van der Waals surface area contributed by atoms with Crippen molar-refractivity contribution >= 4 is 17.3 Å². The molecule has 11 heavy (non-hydrogen) atoms. The first-order valence-corrected chi connectivity index (χ1v) is 4.45. The van der Waals surface area contributed by atoms with Crippen LogP contribution in [0.4, 0.5) is 0 Å². The second kappa shape index (κ2) is 2.97. The van der Waals surface area contributed by atoms with E-state index in [2.05, 4.69) is 24.5 Å². The summed E-state index contributed by atoms with van der Waals surface area (Å²) >= 11 is 5.01. The first-order chi connectivity index (χ1) is 5.06. The summed E-state index contributed by atoms with van der Waals surface area (Å²) in [5.41, 5.74) is 0.431. The minimum Gasteiger partial charge on any atom is -0.366 e. The quantitative estimate of drug-likeness (QED) is 0.582. The molecule has 0 spiro atoms. The van der Waals surface area contributed by atoms with Gasteiger partial charge in [-0.25, -0.2) is 0 Å². The predicted molar refractivity (Wildman–Crippen MR) is 51.6 cm³/mol. The molecule has 1 fully saturated rings. The van der Waals surface area contributed by atoms with Crippen LogP contribution in [0.15, 0.2) is 0 Å². The molecule has 0 amide bonds. The highest BCUT2D eigenvalue weighted by Gasteiger charge is 2.38. The Hall–Kier alpha value is -0.310. The Morgan fingerprint density at radius 2 is 2.18 bits per heavy atom. The summed E-state index contributed by atoms with van der Waals surface area (Å²) in [6.45, 7) is 4.54. The Bertz CT molecular complexity index is 165. The molecule has 0 aromatic heterocycles. The molecule has 0 aromatic rings. The largest absolute Gasteiger partial charge is 0.366 e. The van der Waals surface area contributed by atoms with Gasteiger partial charge in [-0.15, -0.1) is 0 Å². The maximum Gasteiger partial charge on any atom is 0.166 e. The van der Waals surface area contributed by atoms with Gasteiger partial charge in [0.1, 0.15) is 0 Å². The lowest BCUT2D eigenvalue weighted by Crippen LogP contribution is -2.54. The van der Waals surface area contributed by atoms with E-state index in [1.54, 1.807) is 0 Å². The van der Waals surface area contributed by atoms with Crippen LogP contribution in [0, 0.1) is 5.41 Å². The fourth-order valence-corrected chi connectivity index (χ4v) is 1.51. The van der Waals surface area contributed by atoms with E-state index in [0.717, 1.165) is 5.11 Å². The molecule has 0 radical (unpaired) electrons. The molecule has 1 aliphatic rings. The van der Waals surface area contributed by atoms with Crippen LogP contribution in [0.25, 0.3) is 0 Å². The monoisotopic (exact) mass is 172 g/mol. The van der Waals surface area contributed by atoms with Crippen molar-refractivity contribution in [1.29, 1.82) is 0 Å². The van der Waals surface area contributed by atoms with Gasteiger partial charge in [-0.1, -0.05) is 13.8 Å². The van der Waals surface area contributed by atoms with Crippen molar-refractivity contribution in [2.45, 2.75) is 32.7 Å². The predicted octanol–water partition coefficient (Wildman–Crippen LogP) is 1.27. The van der Waals surface area contributed by atoms with E-state index >= 15 is 0 Å². The zero-order chi connectivity index (χ0) is 8.48. The minimum atomic E-state index is 0.431. The van der Waals surface area contributed by atoms with Crippen molar-refractivity contribution in [1.82, 2.24) is 10.6 Å². The van der Waals surface area contributed by atoms with Gasteiger partial charge < -0.3 is 10.6 Å². The molecule has 2 nitrogen and oxygen atoms in total. The molecule has 3 heteroatoms. The van der Waals surface area contributed by atoms with E-state index in [4.69, 9.17) is 12.2 Å². The number of rotatable bonds is 1. The summed E-state index contributed by atoms with van der Waals surface area (Å²) in [6.07, 6.45) is 2.55. The van der Waals surface area contributed by atoms with Gasteiger partial charge in [0.25, 0.3) is 0 Å². The summed E-state index contributed by atoms with van der Waals surface area (Å²) in [5, 5.41) is 6.97. The van der Waals surface area contributed by atoms with Gasteiger partial charge in [-0.05, 0) is 30.5 Å². The van der Waals surface area contributed by atoms with Crippen LogP contribution in [-0.2, 0) is 0 Å². The highest BCUT2D eigenvalue weighted by atomic mass is 32.1. The molecule has 64 valence electrons. The smallest absolute Gasteiger partial charge is 0.166 e. The molecule has 1 saturated carbocycles. The van der Waals surface area contributed by atoms with Gasteiger partial charge in [0, 0.05) is 13.1 Å². The second-order valence-corrected chi connectivity index (χ2v) is 4.21. The third kappa shape index (κ3) is 1.83. The van der Waals surface area contributed by atoms with E-state index < -0.39 is 0 Å². The van der Waals surface area contributed by atoms with E-state index in [9.17, 15) is 0 Å². The van der Waals surface area contributed by atoms with Gasteiger partial charge in [0.15, 0.2) is 5.11 Å². The Labute approximate surface area is 73.7 Å². The van der Waals surface area contributed by atoms with Crippen LogP contribution >= 0.6 is 12.2 Å². The Morgan fingerprint density at radius 1 is 1.55 bits per heavy atom. The number of nitrogens with one attached hydrogen (secondary N) is 2. The molecular formula is C8H16N2S. The van der Waals surface area contributed by atoms with Crippen molar-refractivity contribution < 1.29 is 0 Å². The molecular weight excluding hydrogens is 156 g/mol. The molecule has 0 aromatic carbocycles. The third-order valence-corrected chi connectivity index (χ3v) is 2.88. The third-order valence-electron chi connectivity index (χ3n) is 2.55.